The molecule has 0 aromatic heterocycles. The van der Waals surface area contributed by atoms with Crippen molar-refractivity contribution >= 4 is 0 Å². The number of fused-ring (bicyclic) bond motifs is 1. The summed E-state index contributed by atoms with van der Waals surface area (Å²) >= 11 is 0. The van der Waals surface area contributed by atoms with Gasteiger partial charge in [0.15, 0.2) is 0 Å². The number of ether oxygens (including phenoxy) is 2. The van der Waals surface area contributed by atoms with Gasteiger partial charge in [0.05, 0.1) is 19.8 Å². The summed E-state index contributed by atoms with van der Waals surface area (Å²) in [4.78, 5) is 0. The van der Waals surface area contributed by atoms with Crippen molar-refractivity contribution in [2.45, 2.75) is 18.5 Å². The van der Waals surface area contributed by atoms with E-state index in [1.165, 1.54) is 5.56 Å². The minimum absolute atomic E-state index is 0.0128. The lowest BCUT2D eigenvalue weighted by Crippen LogP contribution is -2.47. The van der Waals surface area contributed by atoms with Crippen LogP contribution in [-0.4, -0.2) is 32.4 Å². The maximum Gasteiger partial charge on any atom is 0.122 e. The third-order valence-electron chi connectivity index (χ3n) is 3.48. The molecule has 2 unspecified atom stereocenters. The van der Waals surface area contributed by atoms with E-state index in [-0.39, 0.29) is 12.1 Å². The highest BCUT2D eigenvalue weighted by Crippen LogP contribution is 2.28. The van der Waals surface area contributed by atoms with Crippen molar-refractivity contribution < 1.29 is 9.47 Å². The third-order valence-corrected chi connectivity index (χ3v) is 3.48. The molecule has 1 saturated heterocycles. The van der Waals surface area contributed by atoms with E-state index >= 15 is 0 Å². The normalized spacial score (nSPS) is 25.1. The topological polar surface area (TPSA) is 56.5 Å². The molecule has 0 radical (unpaired) electrons. The molecule has 2 aliphatic rings. The van der Waals surface area contributed by atoms with E-state index in [0.29, 0.717) is 6.61 Å². The maximum atomic E-state index is 6.28. The summed E-state index contributed by atoms with van der Waals surface area (Å²) in [6.07, 6.45) is 0.991. The van der Waals surface area contributed by atoms with Crippen LogP contribution in [0, 0.1) is 0 Å². The fourth-order valence-corrected chi connectivity index (χ4v) is 2.46. The van der Waals surface area contributed by atoms with Crippen LogP contribution in [-0.2, 0) is 11.2 Å². The summed E-state index contributed by atoms with van der Waals surface area (Å²) in [6.45, 7) is 3.14. The van der Waals surface area contributed by atoms with Crippen molar-refractivity contribution in [1.82, 2.24) is 5.32 Å². The van der Waals surface area contributed by atoms with Crippen molar-refractivity contribution in [3.05, 3.63) is 29.3 Å². The van der Waals surface area contributed by atoms with Gasteiger partial charge in [-0.25, -0.2) is 0 Å². The van der Waals surface area contributed by atoms with Gasteiger partial charge in [0, 0.05) is 25.0 Å². The van der Waals surface area contributed by atoms with Crippen LogP contribution in [0.25, 0.3) is 0 Å². The Morgan fingerprint density at radius 1 is 1.35 bits per heavy atom. The Balaban J connectivity index is 1.78. The van der Waals surface area contributed by atoms with Crippen LogP contribution in [0.2, 0.25) is 0 Å². The van der Waals surface area contributed by atoms with Gasteiger partial charge in [0.2, 0.25) is 0 Å². The largest absolute Gasteiger partial charge is 0.493 e. The summed E-state index contributed by atoms with van der Waals surface area (Å²) in [5, 5.41) is 3.40. The Morgan fingerprint density at radius 2 is 2.29 bits per heavy atom. The molecule has 1 aromatic carbocycles. The van der Waals surface area contributed by atoms with Crippen molar-refractivity contribution in [1.29, 1.82) is 0 Å². The Labute approximate surface area is 101 Å². The summed E-state index contributed by atoms with van der Waals surface area (Å²) in [5.74, 6) is 1.01. The van der Waals surface area contributed by atoms with Crippen LogP contribution in [0.4, 0.5) is 0 Å². The molecule has 0 aliphatic carbocycles. The van der Waals surface area contributed by atoms with E-state index in [1.54, 1.807) is 0 Å². The summed E-state index contributed by atoms with van der Waals surface area (Å²) < 4.78 is 10.9. The molecule has 1 aromatic rings. The molecule has 92 valence electrons. The fourth-order valence-electron chi connectivity index (χ4n) is 2.46. The monoisotopic (exact) mass is 234 g/mol. The van der Waals surface area contributed by atoms with Gasteiger partial charge in [-0.3, -0.25) is 0 Å². The zero-order valence-electron chi connectivity index (χ0n) is 9.82. The van der Waals surface area contributed by atoms with E-state index in [0.717, 1.165) is 37.5 Å². The highest BCUT2D eigenvalue weighted by Gasteiger charge is 2.23. The molecular weight excluding hydrogens is 216 g/mol. The van der Waals surface area contributed by atoms with Crippen LogP contribution >= 0.6 is 0 Å². The van der Waals surface area contributed by atoms with Gasteiger partial charge in [-0.1, -0.05) is 12.1 Å². The van der Waals surface area contributed by atoms with Gasteiger partial charge in [-0.15, -0.1) is 0 Å². The lowest BCUT2D eigenvalue weighted by Gasteiger charge is -2.29. The Kier molecular flexibility index (Phi) is 3.01. The van der Waals surface area contributed by atoms with Crippen molar-refractivity contribution in [3.8, 4) is 5.75 Å². The first kappa shape index (κ1) is 11.0. The number of benzene rings is 1. The highest BCUT2D eigenvalue weighted by molar-refractivity contribution is 5.41. The van der Waals surface area contributed by atoms with E-state index in [9.17, 15) is 0 Å². The zero-order chi connectivity index (χ0) is 11.7. The molecule has 4 heteroatoms. The first-order valence-corrected chi connectivity index (χ1v) is 6.17. The minimum Gasteiger partial charge on any atom is -0.493 e. The first-order valence-electron chi connectivity index (χ1n) is 6.17. The van der Waals surface area contributed by atoms with Crippen LogP contribution in [0.15, 0.2) is 18.2 Å². The number of nitrogens with one attached hydrogen (secondary N) is 1. The van der Waals surface area contributed by atoms with E-state index in [4.69, 9.17) is 15.2 Å². The molecule has 2 atom stereocenters. The van der Waals surface area contributed by atoms with E-state index in [2.05, 4.69) is 17.4 Å². The van der Waals surface area contributed by atoms with Crippen molar-refractivity contribution in [2.75, 3.05) is 26.4 Å². The molecule has 2 heterocycles. The Morgan fingerprint density at radius 3 is 3.12 bits per heavy atom. The van der Waals surface area contributed by atoms with Gasteiger partial charge in [0.25, 0.3) is 0 Å². The number of morpholine rings is 1. The number of nitrogens with two attached hydrogens (primary N) is 1. The average Bonchev–Trinajstić information content (AvgIpc) is 2.86. The minimum atomic E-state index is -0.0128. The molecular formula is C13H18N2O2. The molecule has 17 heavy (non-hydrogen) atoms. The standard InChI is InChI=1S/C13H18N2O2/c14-13(11-8-16-6-4-15-11)10-1-2-12-9(7-10)3-5-17-12/h1-2,7,11,13,15H,3-6,8,14H2. The molecule has 3 N–H and O–H groups in total. The second kappa shape index (κ2) is 4.64. The second-order valence-electron chi connectivity index (χ2n) is 4.63. The quantitative estimate of drug-likeness (QED) is 0.787. The van der Waals surface area contributed by atoms with Gasteiger partial charge < -0.3 is 20.5 Å². The van der Waals surface area contributed by atoms with Gasteiger partial charge in [-0.05, 0) is 17.2 Å². The van der Waals surface area contributed by atoms with Crippen molar-refractivity contribution in [3.63, 3.8) is 0 Å². The van der Waals surface area contributed by atoms with Crippen LogP contribution in [0.3, 0.4) is 0 Å². The third kappa shape index (κ3) is 2.16. The summed E-state index contributed by atoms with van der Waals surface area (Å²) in [6, 6.07) is 6.46. The van der Waals surface area contributed by atoms with Crippen LogP contribution < -0.4 is 15.8 Å². The van der Waals surface area contributed by atoms with E-state index in [1.807, 2.05) is 6.07 Å². The zero-order valence-corrected chi connectivity index (χ0v) is 9.82. The number of hydrogen-bond acceptors (Lipinski definition) is 4. The Hall–Kier alpha value is -1.10. The number of hydrogen-bond donors (Lipinski definition) is 2. The van der Waals surface area contributed by atoms with Crippen LogP contribution in [0.5, 0.6) is 5.75 Å². The van der Waals surface area contributed by atoms with Gasteiger partial charge >= 0.3 is 0 Å². The number of rotatable bonds is 2. The fraction of sp³-hybridized carbons (Fsp3) is 0.538. The molecule has 0 saturated carbocycles. The second-order valence-corrected chi connectivity index (χ2v) is 4.63. The van der Waals surface area contributed by atoms with Gasteiger partial charge in [0.1, 0.15) is 5.75 Å². The van der Waals surface area contributed by atoms with Crippen LogP contribution in [0.1, 0.15) is 17.2 Å². The maximum absolute atomic E-state index is 6.28. The smallest absolute Gasteiger partial charge is 0.122 e. The average molecular weight is 234 g/mol. The molecule has 4 nitrogen and oxygen atoms in total. The molecule has 0 bridgehead atoms. The summed E-state index contributed by atoms with van der Waals surface area (Å²) in [7, 11) is 0. The first-order chi connectivity index (χ1) is 8.34. The molecule has 0 spiro atoms. The molecule has 1 fully saturated rings. The highest BCUT2D eigenvalue weighted by atomic mass is 16.5. The van der Waals surface area contributed by atoms with Gasteiger partial charge in [-0.2, -0.15) is 0 Å². The summed E-state index contributed by atoms with van der Waals surface area (Å²) in [5.41, 5.74) is 8.72. The Bertz CT molecular complexity index is 402. The lowest BCUT2D eigenvalue weighted by atomic mass is 9.97. The predicted octanol–water partition coefficient (Wildman–Crippen LogP) is 0.610. The molecule has 2 aliphatic heterocycles. The van der Waals surface area contributed by atoms with Crippen molar-refractivity contribution in [2.24, 2.45) is 5.73 Å². The SMILES string of the molecule is NC(c1ccc2c(c1)CCO2)C1COCCN1. The molecule has 0 amide bonds. The lowest BCUT2D eigenvalue weighted by molar-refractivity contribution is 0.0685. The molecule has 3 rings (SSSR count). The predicted molar refractivity (Wildman–Crippen MR) is 65.2 cm³/mol. The van der Waals surface area contributed by atoms with E-state index < -0.39 is 0 Å².